The highest BCUT2D eigenvalue weighted by molar-refractivity contribution is 5.92. The number of carbonyl (C=O) groups is 2. The first kappa shape index (κ1) is 20.5. The lowest BCUT2D eigenvalue weighted by atomic mass is 10.1. The van der Waals surface area contributed by atoms with E-state index in [0.717, 1.165) is 31.9 Å². The molecule has 160 valence electrons. The molecule has 0 unspecified atom stereocenters. The van der Waals surface area contributed by atoms with E-state index in [1.54, 1.807) is 11.0 Å². The molecule has 30 heavy (non-hydrogen) atoms. The van der Waals surface area contributed by atoms with E-state index < -0.39 is 6.17 Å². The zero-order valence-corrected chi connectivity index (χ0v) is 17.6. The average Bonchev–Trinajstić information content (AvgIpc) is 3.39. The number of amides is 1. The Hall–Kier alpha value is -2.74. The van der Waals surface area contributed by atoms with Gasteiger partial charge in [-0.3, -0.25) is 9.69 Å². The highest BCUT2D eigenvalue weighted by atomic mass is 19.1. The van der Waals surface area contributed by atoms with Crippen molar-refractivity contribution in [3.63, 3.8) is 0 Å². The number of ketones is 1. The van der Waals surface area contributed by atoms with Crippen LogP contribution in [0.15, 0.2) is 30.5 Å². The van der Waals surface area contributed by atoms with Crippen molar-refractivity contribution in [2.75, 3.05) is 44.2 Å². The van der Waals surface area contributed by atoms with Crippen LogP contribution in [0.4, 0.5) is 14.9 Å². The van der Waals surface area contributed by atoms with Crippen molar-refractivity contribution in [2.45, 2.75) is 33.0 Å². The maximum atomic E-state index is 13.7. The Balaban J connectivity index is 1.38. The monoisotopic (exact) mass is 413 g/mol. The van der Waals surface area contributed by atoms with Gasteiger partial charge in [0.05, 0.1) is 0 Å². The first-order valence-corrected chi connectivity index (χ1v) is 10.5. The Bertz CT molecular complexity index is 935. The normalized spacial score (nSPS) is 20.0. The molecule has 0 N–H and O–H groups in total. The number of nitrogens with zero attached hydrogens (tertiary/aromatic N) is 5. The second kappa shape index (κ2) is 8.55. The van der Waals surface area contributed by atoms with Crippen molar-refractivity contribution in [3.8, 4) is 0 Å². The maximum absolute atomic E-state index is 13.7. The minimum atomic E-state index is -0.751. The first-order chi connectivity index (χ1) is 14.4. The third-order valence-electron chi connectivity index (χ3n) is 5.89. The third kappa shape index (κ3) is 4.38. The summed E-state index contributed by atoms with van der Waals surface area (Å²) in [5.74, 6) is -0.155. The number of hydrogen-bond acceptors (Lipinski definition) is 5. The van der Waals surface area contributed by atoms with Crippen LogP contribution >= 0.6 is 0 Å². The molecule has 0 bridgehead atoms. The Morgan fingerprint density at radius 3 is 2.53 bits per heavy atom. The van der Waals surface area contributed by atoms with Gasteiger partial charge in [0.25, 0.3) is 0 Å². The van der Waals surface area contributed by atoms with E-state index in [1.807, 2.05) is 0 Å². The molecule has 2 aromatic rings. The Kier molecular flexibility index (Phi) is 5.85. The summed E-state index contributed by atoms with van der Waals surface area (Å²) in [6, 6.07) is 7.75. The summed E-state index contributed by atoms with van der Waals surface area (Å²) >= 11 is 0. The van der Waals surface area contributed by atoms with Gasteiger partial charge in [-0.25, -0.2) is 9.18 Å². The Morgan fingerprint density at radius 1 is 1.13 bits per heavy atom. The van der Waals surface area contributed by atoms with E-state index in [9.17, 15) is 14.0 Å². The number of anilines is 1. The standard InChI is InChI=1S/C22H28FN5O2/c1-16-3-4-18(21(13-16)27-7-5-19(23)15-27)14-25-9-11-26(12-10-25)22(30)28-8-6-20(24-28)17(2)29/h3-4,6,8,13,19H,5,7,9-12,14-15H2,1-2H3/t19-/m1/s1. The highest BCUT2D eigenvalue weighted by Gasteiger charge is 2.26. The summed E-state index contributed by atoms with van der Waals surface area (Å²) in [5.41, 5.74) is 3.80. The van der Waals surface area contributed by atoms with Gasteiger partial charge in [0.15, 0.2) is 5.78 Å². The van der Waals surface area contributed by atoms with Crippen LogP contribution in [-0.2, 0) is 6.54 Å². The van der Waals surface area contributed by atoms with Crippen molar-refractivity contribution < 1.29 is 14.0 Å². The molecule has 2 aliphatic rings. The van der Waals surface area contributed by atoms with Crippen LogP contribution in [0.25, 0.3) is 0 Å². The number of benzene rings is 1. The van der Waals surface area contributed by atoms with Gasteiger partial charge in [0.1, 0.15) is 11.9 Å². The van der Waals surface area contributed by atoms with E-state index in [-0.39, 0.29) is 11.8 Å². The van der Waals surface area contributed by atoms with Gasteiger partial charge >= 0.3 is 6.03 Å². The fourth-order valence-corrected chi connectivity index (χ4v) is 4.14. The quantitative estimate of drug-likeness (QED) is 0.722. The lowest BCUT2D eigenvalue weighted by Crippen LogP contribution is -2.49. The summed E-state index contributed by atoms with van der Waals surface area (Å²) in [6.07, 6.45) is 1.38. The molecular formula is C22H28FN5O2. The van der Waals surface area contributed by atoms with Crippen molar-refractivity contribution in [1.82, 2.24) is 19.6 Å². The maximum Gasteiger partial charge on any atom is 0.344 e. The van der Waals surface area contributed by atoms with Gasteiger partial charge in [0.2, 0.25) is 0 Å². The van der Waals surface area contributed by atoms with Crippen LogP contribution in [0.2, 0.25) is 0 Å². The van der Waals surface area contributed by atoms with Gasteiger partial charge in [-0.1, -0.05) is 12.1 Å². The molecule has 1 atom stereocenters. The summed E-state index contributed by atoms with van der Waals surface area (Å²) < 4.78 is 15.0. The van der Waals surface area contributed by atoms with Crippen molar-refractivity contribution in [2.24, 2.45) is 0 Å². The summed E-state index contributed by atoms with van der Waals surface area (Å²) in [6.45, 7) is 8.21. The molecule has 7 nitrogen and oxygen atoms in total. The van der Waals surface area contributed by atoms with Crippen molar-refractivity contribution in [1.29, 1.82) is 0 Å². The number of hydrogen-bond donors (Lipinski definition) is 0. The lowest BCUT2D eigenvalue weighted by Gasteiger charge is -2.35. The van der Waals surface area contributed by atoms with Crippen LogP contribution < -0.4 is 4.90 Å². The second-order valence-electron chi connectivity index (χ2n) is 8.21. The largest absolute Gasteiger partial charge is 0.368 e. The molecule has 3 heterocycles. The van der Waals surface area contributed by atoms with Crippen molar-refractivity contribution >= 4 is 17.5 Å². The number of aromatic nitrogens is 2. The second-order valence-corrected chi connectivity index (χ2v) is 8.21. The third-order valence-corrected chi connectivity index (χ3v) is 5.89. The molecule has 2 saturated heterocycles. The highest BCUT2D eigenvalue weighted by Crippen LogP contribution is 2.28. The zero-order chi connectivity index (χ0) is 21.3. The molecule has 1 amide bonds. The number of alkyl halides is 1. The molecule has 0 radical (unpaired) electrons. The molecule has 1 aromatic heterocycles. The Labute approximate surface area is 176 Å². The predicted octanol–water partition coefficient (Wildman–Crippen LogP) is 2.73. The molecule has 4 rings (SSSR count). The van der Waals surface area contributed by atoms with Gasteiger partial charge in [-0.15, -0.1) is 0 Å². The number of piperazine rings is 1. The molecule has 0 spiro atoms. The lowest BCUT2D eigenvalue weighted by molar-refractivity contribution is 0.101. The van der Waals surface area contributed by atoms with Crippen LogP contribution in [0, 0.1) is 6.92 Å². The van der Waals surface area contributed by atoms with Crippen LogP contribution in [-0.4, -0.2) is 76.8 Å². The van der Waals surface area contributed by atoms with Gasteiger partial charge in [-0.2, -0.15) is 9.78 Å². The van der Waals surface area contributed by atoms with Crippen LogP contribution in [0.1, 0.15) is 35.0 Å². The number of halogens is 1. The number of rotatable bonds is 4. The van der Waals surface area contributed by atoms with Crippen LogP contribution in [0.3, 0.4) is 0 Å². The fraction of sp³-hybridized carbons (Fsp3) is 0.500. The molecule has 2 fully saturated rings. The SMILES string of the molecule is CC(=O)c1ccn(C(=O)N2CCN(Cc3ccc(C)cc3N3CC[C@@H](F)C3)CC2)n1. The van der Waals surface area contributed by atoms with Gasteiger partial charge < -0.3 is 9.80 Å². The number of Topliss-reactive ketones (excluding diaryl/α,β-unsaturated/α-hetero) is 1. The molecule has 1 aromatic carbocycles. The minimum Gasteiger partial charge on any atom is -0.368 e. The smallest absolute Gasteiger partial charge is 0.344 e. The van der Waals surface area contributed by atoms with Crippen LogP contribution in [0.5, 0.6) is 0 Å². The van der Waals surface area contributed by atoms with Crippen molar-refractivity contribution in [3.05, 3.63) is 47.3 Å². The minimum absolute atomic E-state index is 0.155. The zero-order valence-electron chi connectivity index (χ0n) is 17.6. The summed E-state index contributed by atoms with van der Waals surface area (Å²) in [7, 11) is 0. The first-order valence-electron chi connectivity index (χ1n) is 10.5. The Morgan fingerprint density at radius 2 is 1.90 bits per heavy atom. The molecule has 2 aliphatic heterocycles. The number of aryl methyl sites for hydroxylation is 1. The predicted molar refractivity (Wildman–Crippen MR) is 113 cm³/mol. The number of carbonyl (C=O) groups excluding carboxylic acids is 2. The molecular weight excluding hydrogens is 385 g/mol. The van der Waals surface area contributed by atoms with E-state index in [1.165, 1.54) is 28.9 Å². The summed E-state index contributed by atoms with van der Waals surface area (Å²) in [5, 5.41) is 4.07. The molecule has 0 saturated carbocycles. The molecule has 8 heteroatoms. The van der Waals surface area contributed by atoms with Gasteiger partial charge in [-0.05, 0) is 36.6 Å². The average molecular weight is 413 g/mol. The molecule has 0 aliphatic carbocycles. The fourth-order valence-electron chi connectivity index (χ4n) is 4.14. The van der Waals surface area contributed by atoms with E-state index >= 15 is 0 Å². The topological polar surface area (TPSA) is 61.7 Å². The van der Waals surface area contributed by atoms with E-state index in [0.29, 0.717) is 31.7 Å². The van der Waals surface area contributed by atoms with E-state index in [4.69, 9.17) is 0 Å². The van der Waals surface area contributed by atoms with E-state index in [2.05, 4.69) is 40.0 Å². The summed E-state index contributed by atoms with van der Waals surface area (Å²) in [4.78, 5) is 30.3. The van der Waals surface area contributed by atoms with Gasteiger partial charge in [0, 0.05) is 64.6 Å².